The van der Waals surface area contributed by atoms with Crippen LogP contribution in [0.4, 0.5) is 9.59 Å². The van der Waals surface area contributed by atoms with E-state index in [0.29, 0.717) is 43.8 Å². The zero-order valence-corrected chi connectivity index (χ0v) is 65.3. The molecular formula is C80H120N6O17. The van der Waals surface area contributed by atoms with E-state index in [-0.39, 0.29) is 79.4 Å². The van der Waals surface area contributed by atoms with Gasteiger partial charge in [-0.15, -0.1) is 0 Å². The van der Waals surface area contributed by atoms with Gasteiger partial charge in [0.25, 0.3) is 0 Å². The Labute approximate surface area is 611 Å². The Kier molecular flexibility index (Phi) is 28.6. The van der Waals surface area contributed by atoms with Crippen molar-refractivity contribution in [1.29, 1.82) is 0 Å². The number of hydrogen-bond acceptors (Lipinski definition) is 21. The molecule has 5 aliphatic heterocycles. The molecule has 0 bridgehead atoms. The number of aliphatic hydroxyl groups excluding tert-OH is 1. The zero-order chi connectivity index (χ0) is 76.5. The summed E-state index contributed by atoms with van der Waals surface area (Å²) in [6.45, 7) is 40.5. The van der Waals surface area contributed by atoms with Gasteiger partial charge in [-0.05, 0) is 145 Å². The Hall–Kier alpha value is -6.63. The average Bonchev–Trinajstić information content (AvgIpc) is 1.60. The topological polar surface area (TPSA) is 281 Å². The maximum Gasteiger partial charge on any atom is 0.420 e. The first kappa shape index (κ1) is 83.6. The summed E-state index contributed by atoms with van der Waals surface area (Å²) in [6, 6.07) is 5.17. The Morgan fingerprint density at radius 3 is 1.79 bits per heavy atom. The van der Waals surface area contributed by atoms with Crippen LogP contribution in [0.2, 0.25) is 0 Å². The van der Waals surface area contributed by atoms with Crippen molar-refractivity contribution in [1.82, 2.24) is 29.3 Å². The van der Waals surface area contributed by atoms with Crippen LogP contribution in [-0.4, -0.2) is 174 Å². The van der Waals surface area contributed by atoms with E-state index >= 15 is 0 Å². The van der Waals surface area contributed by atoms with Gasteiger partial charge in [0.05, 0.1) is 30.5 Å². The lowest BCUT2D eigenvalue weighted by atomic mass is 9.69. The lowest BCUT2D eigenvalue weighted by Gasteiger charge is -2.46. The molecule has 0 radical (unpaired) electrons. The highest BCUT2D eigenvalue weighted by atomic mass is 16.7. The average molecular weight is 1440 g/mol. The van der Waals surface area contributed by atoms with E-state index in [9.17, 15) is 43.5 Å². The van der Waals surface area contributed by atoms with Crippen molar-refractivity contribution in [2.75, 3.05) is 20.1 Å². The van der Waals surface area contributed by atoms with Crippen molar-refractivity contribution >= 4 is 47.3 Å². The molecule has 0 unspecified atom stereocenters. The third-order valence-corrected chi connectivity index (χ3v) is 22.9. The van der Waals surface area contributed by atoms with Crippen molar-refractivity contribution < 1.29 is 81.4 Å². The van der Waals surface area contributed by atoms with Gasteiger partial charge in [0.1, 0.15) is 42.3 Å². The quantitative estimate of drug-likeness (QED) is 0.0840. The van der Waals surface area contributed by atoms with Crippen molar-refractivity contribution in [2.24, 2.45) is 70.0 Å². The molecule has 5 aliphatic rings. The molecule has 4 saturated heterocycles. The number of ether oxygens (including phenoxy) is 8. The number of amides is 1. The van der Waals surface area contributed by atoms with Gasteiger partial charge in [0.2, 0.25) is 0 Å². The molecule has 103 heavy (non-hydrogen) atoms. The highest BCUT2D eigenvalue weighted by Crippen LogP contribution is 2.47. The Bertz CT molecular complexity index is 3440. The number of imidazole rings is 1. The molecular weight excluding hydrogens is 1320 g/mol. The summed E-state index contributed by atoms with van der Waals surface area (Å²) in [5.74, 6) is -7.49. The van der Waals surface area contributed by atoms with Crippen molar-refractivity contribution in [3.8, 4) is 11.1 Å². The number of aliphatic hydroxyl groups is 1. The number of Topliss-reactive ketones (excluding diaryl/α,β-unsaturated/α-hetero) is 4. The number of ketones is 4. The lowest BCUT2D eigenvalue weighted by Crippen LogP contribution is -2.60. The van der Waals surface area contributed by atoms with E-state index < -0.39 is 137 Å². The lowest BCUT2D eigenvalue weighted by molar-refractivity contribution is -0.284. The van der Waals surface area contributed by atoms with E-state index in [4.69, 9.17) is 37.9 Å². The first-order valence-electron chi connectivity index (χ1n) is 37.6. The molecule has 1 amide bonds. The van der Waals surface area contributed by atoms with Crippen LogP contribution < -0.4 is 0 Å². The first-order valence-corrected chi connectivity index (χ1v) is 37.6. The molecule has 8 heterocycles. The predicted molar refractivity (Wildman–Crippen MR) is 387 cm³/mol. The molecule has 3 aromatic heterocycles. The number of aromatic nitrogens is 4. The number of allylic oxidation sites excluding steroid dienone is 1. The molecule has 23 heteroatoms. The van der Waals surface area contributed by atoms with E-state index in [1.165, 1.54) is 30.2 Å². The van der Waals surface area contributed by atoms with Gasteiger partial charge in [-0.3, -0.25) is 43.6 Å². The number of esters is 2. The maximum atomic E-state index is 14.8. The number of rotatable bonds is 15. The fourth-order valence-corrected chi connectivity index (χ4v) is 17.0. The van der Waals surface area contributed by atoms with Crippen molar-refractivity contribution in [3.63, 3.8) is 0 Å². The fourth-order valence-electron chi connectivity index (χ4n) is 17.0. The molecule has 0 saturated carbocycles. The summed E-state index contributed by atoms with van der Waals surface area (Å²) in [5, 5.41) is 11.1. The summed E-state index contributed by atoms with van der Waals surface area (Å²) >= 11 is 0. The van der Waals surface area contributed by atoms with Gasteiger partial charge in [-0.25, -0.2) is 19.1 Å². The van der Waals surface area contributed by atoms with Crippen LogP contribution >= 0.6 is 0 Å². The van der Waals surface area contributed by atoms with E-state index in [2.05, 4.69) is 39.8 Å². The number of likely N-dealkylation sites (N-methyl/N-ethyl adjacent to an activating group) is 1. The standard InChI is InChI=1S/C45H66N4O9.C35H54N2O8/c1-12-35-45(13-2)39(49(43(54)58-45)18-17-48(11)25-32-20-34(24-47-22-32)33-15-14-16-46-23-33)29(6)36(50)27(4)21-44(9,10)40(30(7)38(52)31(8)41(53)56-35)57-42-37(51)26(3)19-28(5)55-42;1-12-27-35(13-2,45-33(41)37-15-14-36-19-37)18-22(5)28(38)21(4)17-34(10,11)30(25(8)29(39)26(9)31(40)43-27)44-32-24(7)20(3)16-23(6)42-32/h14-16,20,22-24,26-31,35,37,39-40,42,51H,12-13,17-19,21,25H2,1-11H3;14-15,18-21,23-27,30,32H,12-13,16-17H2,1-11H3/b;22-18+/t26-,27+,28+,29-,30-,31+,35+,37+,39+,40+,42-,45+;20-,21+,23+,24+,25-,26+,27+,30+,32-,35-/m00/s1. The van der Waals surface area contributed by atoms with Crippen LogP contribution in [0.5, 0.6) is 0 Å². The number of carbonyl (C=O) groups excluding carboxylic acids is 8. The number of nitrogens with zero attached hydrogens (tertiary/aromatic N) is 6. The second-order valence-electron chi connectivity index (χ2n) is 32.1. The Morgan fingerprint density at radius 1 is 0.670 bits per heavy atom. The van der Waals surface area contributed by atoms with Gasteiger partial charge >= 0.3 is 24.1 Å². The van der Waals surface area contributed by atoms with Crippen LogP contribution in [0.25, 0.3) is 11.1 Å². The second-order valence-corrected chi connectivity index (χ2v) is 32.1. The minimum absolute atomic E-state index is 0.00343. The van der Waals surface area contributed by atoms with Crippen LogP contribution in [0.1, 0.15) is 202 Å². The minimum Gasteiger partial charge on any atom is -0.457 e. The SMILES string of the molecule is CC[C@H]1OC(=O)[C@H](C)C(=O)[C@H](C)[C@@H](O[C@@H]2O[C@H](C)C[C@H](C)[C@H]2C)C(C)(C)C[C@@H](C)C(=O)/C(C)=C/[C@]1(CC)OC(=O)n1ccnc1.CC[C@H]1OC(=O)[C@H](C)C(=O)[C@H](C)[C@@H](O[C@@H]2O[C@H](C)C[C@H](C)[C@H]2O)C(C)(C)C[C@@H](C)C(=O)[C@H](C)[C@H]2N(CCN(C)Cc3cncc(-c4cccnc4)c3)C(=O)O[C@]12CC. The number of hydrogen-bond donors (Lipinski definition) is 1. The van der Waals surface area contributed by atoms with Crippen molar-refractivity contribution in [3.05, 3.63) is 78.9 Å². The molecule has 8 rings (SSSR count). The molecule has 0 aliphatic carbocycles. The minimum atomic E-state index is -1.47. The van der Waals surface area contributed by atoms with Gasteiger partial charge in [-0.1, -0.05) is 117 Å². The third kappa shape index (κ3) is 19.1. The van der Waals surface area contributed by atoms with Crippen LogP contribution in [0.15, 0.2) is 73.4 Å². The second kappa shape index (κ2) is 35.2. The third-order valence-electron chi connectivity index (χ3n) is 22.9. The van der Waals surface area contributed by atoms with E-state index in [1.807, 2.05) is 108 Å². The summed E-state index contributed by atoms with van der Waals surface area (Å²) < 4.78 is 51.4. The number of pyridine rings is 2. The monoisotopic (exact) mass is 1440 g/mol. The van der Waals surface area contributed by atoms with Crippen LogP contribution in [0, 0.1) is 70.0 Å². The largest absolute Gasteiger partial charge is 0.457 e. The molecule has 0 aromatic carbocycles. The molecule has 22 atom stereocenters. The van der Waals surface area contributed by atoms with Gasteiger partial charge in [-0.2, -0.15) is 0 Å². The Morgan fingerprint density at radius 2 is 1.23 bits per heavy atom. The molecule has 1 N–H and O–H groups in total. The maximum absolute atomic E-state index is 14.8. The number of cyclic esters (lactones) is 2. The van der Waals surface area contributed by atoms with E-state index in [0.717, 1.165) is 23.1 Å². The molecule has 23 nitrogen and oxygen atoms in total. The van der Waals surface area contributed by atoms with E-state index in [1.54, 1.807) is 71.1 Å². The van der Waals surface area contributed by atoms with Gasteiger partial charge < -0.3 is 47.9 Å². The van der Waals surface area contributed by atoms with Crippen LogP contribution in [0.3, 0.4) is 0 Å². The highest BCUT2D eigenvalue weighted by molar-refractivity contribution is 6.01. The zero-order valence-electron chi connectivity index (χ0n) is 65.3. The molecule has 0 spiro atoms. The summed E-state index contributed by atoms with van der Waals surface area (Å²) in [4.78, 5) is 128. The summed E-state index contributed by atoms with van der Waals surface area (Å²) in [7, 11) is 1.96. The molecule has 4 fully saturated rings. The normalized spacial score (nSPS) is 36.3. The smallest absolute Gasteiger partial charge is 0.420 e. The highest BCUT2D eigenvalue weighted by Gasteiger charge is 2.62. The predicted octanol–water partition coefficient (Wildman–Crippen LogP) is 13.0. The van der Waals surface area contributed by atoms with Gasteiger partial charge in [0, 0.05) is 103 Å². The number of fused-ring (bicyclic) bond motifs is 1. The van der Waals surface area contributed by atoms with Gasteiger partial charge in [0.15, 0.2) is 41.1 Å². The summed E-state index contributed by atoms with van der Waals surface area (Å²) in [5.41, 5.74) is -0.979. The first-order chi connectivity index (χ1) is 48.3. The number of carbonyl (C=O) groups is 8. The Balaban J connectivity index is 0.000000298. The molecule has 3 aromatic rings. The van der Waals surface area contributed by atoms with Crippen LogP contribution in [-0.2, 0) is 73.2 Å². The molecule has 572 valence electrons. The fraction of sp³-hybridized carbons (Fsp3) is 0.713. The summed E-state index contributed by atoms with van der Waals surface area (Å²) in [6.07, 6.45) is 9.09. The van der Waals surface area contributed by atoms with Crippen molar-refractivity contribution in [2.45, 2.75) is 276 Å².